The summed E-state index contributed by atoms with van der Waals surface area (Å²) in [5, 5.41) is 6.46. The number of hydrogen-bond donors (Lipinski definition) is 1. The second-order valence-electron chi connectivity index (χ2n) is 4.88. The van der Waals surface area contributed by atoms with E-state index in [2.05, 4.69) is 46.4 Å². The molecule has 0 bridgehead atoms. The summed E-state index contributed by atoms with van der Waals surface area (Å²) < 4.78 is 1.03. The molecule has 1 N–H and O–H groups in total. The van der Waals surface area contributed by atoms with Gasteiger partial charge in [-0.15, -0.1) is 11.3 Å². The van der Waals surface area contributed by atoms with Crippen LogP contribution in [-0.4, -0.2) is 21.5 Å². The zero-order valence-electron chi connectivity index (χ0n) is 12.3. The number of rotatable bonds is 6. The average Bonchev–Trinajstić information content (AvgIpc) is 2.81. The van der Waals surface area contributed by atoms with Crippen LogP contribution in [0.5, 0.6) is 0 Å². The molecular formula is C14H20N4S2. The highest BCUT2D eigenvalue weighted by atomic mass is 32.2. The molecule has 0 unspecified atom stereocenters. The zero-order valence-corrected chi connectivity index (χ0v) is 13.9. The largest absolute Gasteiger partial charge is 0.370 e. The predicted octanol–water partition coefficient (Wildman–Crippen LogP) is 4.34. The molecule has 6 heteroatoms. The van der Waals surface area contributed by atoms with Gasteiger partial charge in [0, 0.05) is 23.2 Å². The number of anilines is 1. The summed E-state index contributed by atoms with van der Waals surface area (Å²) in [4.78, 5) is 13.3. The van der Waals surface area contributed by atoms with Gasteiger partial charge in [-0.1, -0.05) is 20.8 Å². The summed E-state index contributed by atoms with van der Waals surface area (Å²) in [5.74, 6) is 1.33. The maximum atomic E-state index is 4.50. The van der Waals surface area contributed by atoms with Crippen molar-refractivity contribution in [3.63, 3.8) is 0 Å². The van der Waals surface area contributed by atoms with Crippen molar-refractivity contribution in [2.24, 2.45) is 0 Å². The fourth-order valence-electron chi connectivity index (χ4n) is 1.83. The van der Waals surface area contributed by atoms with E-state index in [1.807, 2.05) is 6.92 Å². The van der Waals surface area contributed by atoms with Crippen LogP contribution < -0.4 is 5.32 Å². The quantitative estimate of drug-likeness (QED) is 0.805. The molecule has 0 amide bonds. The van der Waals surface area contributed by atoms with E-state index >= 15 is 0 Å². The van der Waals surface area contributed by atoms with Gasteiger partial charge in [-0.05, 0) is 31.0 Å². The van der Waals surface area contributed by atoms with Crippen LogP contribution in [0.1, 0.15) is 44.4 Å². The summed E-state index contributed by atoms with van der Waals surface area (Å²) >= 11 is 3.29. The molecular weight excluding hydrogens is 288 g/mol. The number of hydrogen-bond acceptors (Lipinski definition) is 6. The third-order valence-corrected chi connectivity index (χ3v) is 4.82. The van der Waals surface area contributed by atoms with Crippen molar-refractivity contribution >= 4 is 28.9 Å². The van der Waals surface area contributed by atoms with Gasteiger partial charge >= 0.3 is 0 Å². The minimum atomic E-state index is 0.374. The van der Waals surface area contributed by atoms with Gasteiger partial charge in [0.25, 0.3) is 0 Å². The van der Waals surface area contributed by atoms with Crippen molar-refractivity contribution in [3.05, 3.63) is 23.0 Å². The molecule has 2 aromatic heterocycles. The third-order valence-electron chi connectivity index (χ3n) is 2.75. The van der Waals surface area contributed by atoms with Crippen molar-refractivity contribution < 1.29 is 0 Å². The number of thiazole rings is 1. The molecule has 0 atom stereocenters. The van der Waals surface area contributed by atoms with Crippen LogP contribution in [0, 0.1) is 6.92 Å². The van der Waals surface area contributed by atoms with E-state index < -0.39 is 0 Å². The number of aryl methyl sites for hydroxylation is 1. The first-order valence-corrected chi connectivity index (χ1v) is 8.50. The molecule has 20 heavy (non-hydrogen) atoms. The molecule has 4 nitrogen and oxygen atoms in total. The summed E-state index contributed by atoms with van der Waals surface area (Å²) in [6.07, 6.45) is 2.71. The molecule has 0 aromatic carbocycles. The van der Waals surface area contributed by atoms with Crippen LogP contribution in [0.2, 0.25) is 0 Å². The number of aromatic nitrogens is 3. The summed E-state index contributed by atoms with van der Waals surface area (Å²) in [5.41, 5.74) is 2.24. The Hall–Kier alpha value is -1.14. The van der Waals surface area contributed by atoms with E-state index in [9.17, 15) is 0 Å². The first-order valence-electron chi connectivity index (χ1n) is 6.80. The lowest BCUT2D eigenvalue weighted by atomic mass is 10.1. The van der Waals surface area contributed by atoms with Crippen molar-refractivity contribution in [2.75, 3.05) is 11.9 Å². The van der Waals surface area contributed by atoms with Gasteiger partial charge in [-0.3, -0.25) is 0 Å². The van der Waals surface area contributed by atoms with Crippen LogP contribution in [0.3, 0.4) is 0 Å². The minimum absolute atomic E-state index is 0.374. The van der Waals surface area contributed by atoms with Gasteiger partial charge in [0.05, 0.1) is 0 Å². The highest BCUT2D eigenvalue weighted by Crippen LogP contribution is 2.36. The molecule has 0 aliphatic carbocycles. The second-order valence-corrected chi connectivity index (χ2v) is 6.97. The number of nitrogens with zero attached hydrogens (tertiary/aromatic N) is 3. The molecule has 0 radical (unpaired) electrons. The Labute approximate surface area is 128 Å². The topological polar surface area (TPSA) is 50.7 Å². The lowest BCUT2D eigenvalue weighted by molar-refractivity contribution is 0.799. The first-order chi connectivity index (χ1) is 9.61. The molecule has 0 spiro atoms. The Morgan fingerprint density at radius 3 is 2.75 bits per heavy atom. The molecule has 0 aliphatic rings. The minimum Gasteiger partial charge on any atom is -0.370 e. The smallest absolute Gasteiger partial charge is 0.156 e. The van der Waals surface area contributed by atoms with E-state index in [4.69, 9.17) is 0 Å². The molecule has 0 saturated heterocycles. The lowest BCUT2D eigenvalue weighted by Crippen LogP contribution is -2.08. The Bertz CT molecular complexity index is 566. The predicted molar refractivity (Wildman–Crippen MR) is 85.9 cm³/mol. The van der Waals surface area contributed by atoms with Crippen molar-refractivity contribution in [2.45, 2.75) is 49.4 Å². The standard InChI is InChI=1S/C14H20N4S2/c1-5-6-15-12-11(9(2)3)13(17-8-16-12)20-14-18-10(4)7-19-14/h7-9H,5-6H2,1-4H3,(H,15,16,17). The van der Waals surface area contributed by atoms with Crippen molar-refractivity contribution in [1.29, 1.82) is 0 Å². The Balaban J connectivity index is 2.31. The van der Waals surface area contributed by atoms with E-state index in [-0.39, 0.29) is 0 Å². The average molecular weight is 308 g/mol. The SMILES string of the molecule is CCCNc1ncnc(Sc2nc(C)cs2)c1C(C)C. The monoisotopic (exact) mass is 308 g/mol. The summed E-state index contributed by atoms with van der Waals surface area (Å²) in [6.45, 7) is 9.44. The fourth-order valence-corrected chi connectivity index (χ4v) is 3.82. The zero-order chi connectivity index (χ0) is 14.5. The van der Waals surface area contributed by atoms with Crippen LogP contribution in [0.4, 0.5) is 5.82 Å². The molecule has 2 aromatic rings. The van der Waals surface area contributed by atoms with Gasteiger partial charge in [0.15, 0.2) is 4.34 Å². The van der Waals surface area contributed by atoms with Crippen molar-refractivity contribution in [3.8, 4) is 0 Å². The Kier molecular flexibility index (Phi) is 5.37. The molecule has 2 rings (SSSR count). The van der Waals surface area contributed by atoms with Gasteiger partial charge in [-0.25, -0.2) is 15.0 Å². The number of nitrogens with one attached hydrogen (secondary N) is 1. The van der Waals surface area contributed by atoms with Gasteiger partial charge in [0.1, 0.15) is 17.2 Å². The van der Waals surface area contributed by atoms with Crippen LogP contribution >= 0.6 is 23.1 Å². The summed E-state index contributed by atoms with van der Waals surface area (Å²) in [6, 6.07) is 0. The highest BCUT2D eigenvalue weighted by molar-refractivity contribution is 8.01. The van der Waals surface area contributed by atoms with Gasteiger partial charge < -0.3 is 5.32 Å². The molecule has 108 valence electrons. The van der Waals surface area contributed by atoms with Gasteiger partial charge in [0.2, 0.25) is 0 Å². The van der Waals surface area contributed by atoms with Crippen LogP contribution in [0.15, 0.2) is 21.1 Å². The van der Waals surface area contributed by atoms with Gasteiger partial charge in [-0.2, -0.15) is 0 Å². The van der Waals surface area contributed by atoms with Crippen LogP contribution in [-0.2, 0) is 0 Å². The summed E-state index contributed by atoms with van der Waals surface area (Å²) in [7, 11) is 0. The third kappa shape index (κ3) is 3.70. The normalized spacial score (nSPS) is 11.1. The van der Waals surface area contributed by atoms with E-state index in [0.717, 1.165) is 33.8 Å². The molecule has 0 saturated carbocycles. The second kappa shape index (κ2) is 7.04. The van der Waals surface area contributed by atoms with Crippen LogP contribution in [0.25, 0.3) is 0 Å². The molecule has 0 fully saturated rings. The molecule has 2 heterocycles. The molecule has 0 aliphatic heterocycles. The first kappa shape index (κ1) is 15.3. The lowest BCUT2D eigenvalue weighted by Gasteiger charge is -2.15. The van der Waals surface area contributed by atoms with E-state index in [1.54, 1.807) is 29.4 Å². The Morgan fingerprint density at radius 1 is 1.35 bits per heavy atom. The Morgan fingerprint density at radius 2 is 2.15 bits per heavy atom. The van der Waals surface area contributed by atoms with E-state index in [1.165, 1.54) is 5.56 Å². The van der Waals surface area contributed by atoms with Crippen molar-refractivity contribution in [1.82, 2.24) is 15.0 Å². The van der Waals surface area contributed by atoms with E-state index in [0.29, 0.717) is 5.92 Å². The maximum Gasteiger partial charge on any atom is 0.156 e. The maximum absolute atomic E-state index is 4.50. The fraction of sp³-hybridized carbons (Fsp3) is 0.500. The highest BCUT2D eigenvalue weighted by Gasteiger charge is 2.16.